The highest BCUT2D eigenvalue weighted by atomic mass is 32.2. The molecular formula is C14H13F2NO2S. The summed E-state index contributed by atoms with van der Waals surface area (Å²) in [6, 6.07) is 7.03. The third-order valence-corrected chi connectivity index (χ3v) is 4.56. The van der Waals surface area contributed by atoms with Gasteiger partial charge in [0.15, 0.2) is 9.84 Å². The van der Waals surface area contributed by atoms with Gasteiger partial charge in [0, 0.05) is 11.8 Å². The van der Waals surface area contributed by atoms with Gasteiger partial charge >= 0.3 is 0 Å². The summed E-state index contributed by atoms with van der Waals surface area (Å²) in [6.45, 7) is 1.69. The Morgan fingerprint density at radius 3 is 2.20 bits per heavy atom. The summed E-state index contributed by atoms with van der Waals surface area (Å²) in [4.78, 5) is 0.0777. The van der Waals surface area contributed by atoms with E-state index in [1.54, 1.807) is 6.92 Å². The molecule has 0 fully saturated rings. The molecule has 0 saturated carbocycles. The van der Waals surface area contributed by atoms with Crippen LogP contribution in [0.5, 0.6) is 0 Å². The first-order valence-corrected chi connectivity index (χ1v) is 7.47. The Hall–Kier alpha value is -1.95. The van der Waals surface area contributed by atoms with Crippen molar-refractivity contribution < 1.29 is 17.2 Å². The van der Waals surface area contributed by atoms with Crippen LogP contribution in [-0.2, 0) is 15.6 Å². The fraction of sp³-hybridized carbons (Fsp3) is 0.143. The van der Waals surface area contributed by atoms with Crippen molar-refractivity contribution in [2.75, 3.05) is 5.73 Å². The number of halogens is 2. The van der Waals surface area contributed by atoms with Crippen LogP contribution < -0.4 is 5.73 Å². The lowest BCUT2D eigenvalue weighted by Gasteiger charge is -2.07. The maximum Gasteiger partial charge on any atom is 0.182 e. The molecule has 0 aliphatic carbocycles. The Morgan fingerprint density at radius 1 is 1.05 bits per heavy atom. The Bertz CT molecular complexity index is 738. The maximum atomic E-state index is 13.1. The highest BCUT2D eigenvalue weighted by molar-refractivity contribution is 7.90. The van der Waals surface area contributed by atoms with Crippen molar-refractivity contribution >= 4 is 15.5 Å². The molecule has 0 aliphatic rings. The number of nitrogen functional groups attached to an aromatic ring is 1. The lowest BCUT2D eigenvalue weighted by molar-refractivity contribution is 0.579. The van der Waals surface area contributed by atoms with Crippen LogP contribution in [0.3, 0.4) is 0 Å². The number of hydrogen-bond acceptors (Lipinski definition) is 3. The highest BCUT2D eigenvalue weighted by Gasteiger charge is 2.17. The van der Waals surface area contributed by atoms with Crippen LogP contribution in [0.15, 0.2) is 41.3 Å². The topological polar surface area (TPSA) is 60.2 Å². The molecule has 3 nitrogen and oxygen atoms in total. The summed E-state index contributed by atoms with van der Waals surface area (Å²) in [7, 11) is -3.67. The van der Waals surface area contributed by atoms with Crippen molar-refractivity contribution in [3.8, 4) is 0 Å². The molecule has 2 aromatic carbocycles. The van der Waals surface area contributed by atoms with E-state index in [-0.39, 0.29) is 10.5 Å². The fourth-order valence-corrected chi connectivity index (χ4v) is 3.24. The Kier molecular flexibility index (Phi) is 3.76. The zero-order valence-electron chi connectivity index (χ0n) is 10.7. The van der Waals surface area contributed by atoms with Gasteiger partial charge in [-0.25, -0.2) is 17.2 Å². The van der Waals surface area contributed by atoms with Crippen molar-refractivity contribution in [1.82, 2.24) is 0 Å². The quantitative estimate of drug-likeness (QED) is 0.886. The molecule has 2 rings (SSSR count). The number of benzene rings is 2. The fourth-order valence-electron chi connectivity index (χ4n) is 1.84. The molecule has 0 aromatic heterocycles. The monoisotopic (exact) mass is 297 g/mol. The third-order valence-electron chi connectivity index (χ3n) is 2.88. The van der Waals surface area contributed by atoms with E-state index in [2.05, 4.69) is 0 Å². The standard InChI is InChI=1S/C14H13F2NO2S/c1-9-4-13(2-3-14(9)17)20(18,19)8-10-5-11(15)7-12(16)6-10/h2-7H,8,17H2,1H3. The summed E-state index contributed by atoms with van der Waals surface area (Å²) in [5.41, 5.74) is 6.82. The van der Waals surface area contributed by atoms with E-state index in [9.17, 15) is 17.2 Å². The second kappa shape index (κ2) is 5.20. The lowest BCUT2D eigenvalue weighted by atomic mass is 10.2. The van der Waals surface area contributed by atoms with Gasteiger partial charge in [-0.05, 0) is 48.4 Å². The minimum absolute atomic E-state index is 0.0666. The second-order valence-corrected chi connectivity index (χ2v) is 6.54. The van der Waals surface area contributed by atoms with E-state index in [1.807, 2.05) is 0 Å². The molecule has 2 N–H and O–H groups in total. The lowest BCUT2D eigenvalue weighted by Crippen LogP contribution is -2.06. The van der Waals surface area contributed by atoms with Crippen LogP contribution in [0.4, 0.5) is 14.5 Å². The van der Waals surface area contributed by atoms with Gasteiger partial charge in [-0.1, -0.05) is 0 Å². The third kappa shape index (κ3) is 3.14. The minimum Gasteiger partial charge on any atom is -0.399 e. The van der Waals surface area contributed by atoms with Gasteiger partial charge in [0.05, 0.1) is 10.6 Å². The molecule has 0 spiro atoms. The molecule has 0 atom stereocenters. The van der Waals surface area contributed by atoms with Gasteiger partial charge in [-0.3, -0.25) is 0 Å². The van der Waals surface area contributed by atoms with Crippen molar-refractivity contribution in [3.05, 3.63) is 59.2 Å². The van der Waals surface area contributed by atoms with E-state index in [0.717, 1.165) is 12.1 Å². The molecule has 0 bridgehead atoms. The highest BCUT2D eigenvalue weighted by Crippen LogP contribution is 2.21. The summed E-state index contributed by atoms with van der Waals surface area (Å²) < 4.78 is 50.5. The number of sulfone groups is 1. The molecule has 106 valence electrons. The minimum atomic E-state index is -3.67. The van der Waals surface area contributed by atoms with Gasteiger partial charge in [0.25, 0.3) is 0 Å². The molecule has 20 heavy (non-hydrogen) atoms. The Labute approximate surface area is 116 Å². The van der Waals surface area contributed by atoms with E-state index in [0.29, 0.717) is 17.3 Å². The van der Waals surface area contributed by atoms with Crippen LogP contribution >= 0.6 is 0 Å². The van der Waals surface area contributed by atoms with E-state index < -0.39 is 27.2 Å². The normalized spacial score (nSPS) is 11.6. The van der Waals surface area contributed by atoms with Gasteiger partial charge in [-0.2, -0.15) is 0 Å². The number of anilines is 1. The first kappa shape index (κ1) is 14.5. The van der Waals surface area contributed by atoms with Crippen LogP contribution in [0.2, 0.25) is 0 Å². The molecule has 2 aromatic rings. The smallest absolute Gasteiger partial charge is 0.182 e. The average molecular weight is 297 g/mol. The molecule has 0 saturated heterocycles. The van der Waals surface area contributed by atoms with Gasteiger partial charge in [0.2, 0.25) is 0 Å². The van der Waals surface area contributed by atoms with Gasteiger partial charge in [-0.15, -0.1) is 0 Å². The van der Waals surface area contributed by atoms with E-state index >= 15 is 0 Å². The van der Waals surface area contributed by atoms with Crippen molar-refractivity contribution in [3.63, 3.8) is 0 Å². The number of aryl methyl sites for hydroxylation is 1. The Balaban J connectivity index is 2.37. The Morgan fingerprint density at radius 2 is 1.65 bits per heavy atom. The molecule has 0 aliphatic heterocycles. The number of hydrogen-bond donors (Lipinski definition) is 1. The van der Waals surface area contributed by atoms with Crippen molar-refractivity contribution in [2.45, 2.75) is 17.6 Å². The first-order valence-electron chi connectivity index (χ1n) is 5.82. The zero-order valence-corrected chi connectivity index (χ0v) is 11.5. The van der Waals surface area contributed by atoms with E-state index in [4.69, 9.17) is 5.73 Å². The van der Waals surface area contributed by atoms with Gasteiger partial charge < -0.3 is 5.73 Å². The van der Waals surface area contributed by atoms with Crippen molar-refractivity contribution in [2.24, 2.45) is 0 Å². The summed E-state index contributed by atoms with van der Waals surface area (Å²) in [5.74, 6) is -2.07. The largest absolute Gasteiger partial charge is 0.399 e. The van der Waals surface area contributed by atoms with Crippen LogP contribution in [0, 0.1) is 18.6 Å². The summed E-state index contributed by atoms with van der Waals surface area (Å²) >= 11 is 0. The predicted octanol–water partition coefficient (Wildman–Crippen LogP) is 2.83. The zero-order chi connectivity index (χ0) is 14.9. The molecule has 0 unspecified atom stereocenters. The van der Waals surface area contributed by atoms with E-state index in [1.165, 1.54) is 18.2 Å². The van der Waals surface area contributed by atoms with Gasteiger partial charge in [0.1, 0.15) is 11.6 Å². The molecular weight excluding hydrogens is 284 g/mol. The van der Waals surface area contributed by atoms with Crippen LogP contribution in [0.25, 0.3) is 0 Å². The SMILES string of the molecule is Cc1cc(S(=O)(=O)Cc2cc(F)cc(F)c2)ccc1N. The average Bonchev–Trinajstić information content (AvgIpc) is 2.30. The second-order valence-electron chi connectivity index (χ2n) is 4.56. The first-order chi connectivity index (χ1) is 9.28. The molecule has 0 amide bonds. The number of rotatable bonds is 3. The predicted molar refractivity (Wildman–Crippen MR) is 72.8 cm³/mol. The maximum absolute atomic E-state index is 13.1. The molecule has 0 heterocycles. The van der Waals surface area contributed by atoms with Crippen molar-refractivity contribution in [1.29, 1.82) is 0 Å². The summed E-state index contributed by atoms with van der Waals surface area (Å²) in [5, 5.41) is 0. The summed E-state index contributed by atoms with van der Waals surface area (Å²) in [6.07, 6.45) is 0. The van der Waals surface area contributed by atoms with Crippen LogP contribution in [0.1, 0.15) is 11.1 Å². The molecule has 6 heteroatoms. The molecule has 0 radical (unpaired) electrons. The van der Waals surface area contributed by atoms with Crippen LogP contribution in [-0.4, -0.2) is 8.42 Å². The number of nitrogens with two attached hydrogens (primary N) is 1.